The lowest BCUT2D eigenvalue weighted by atomic mass is 9.35. The van der Waals surface area contributed by atoms with E-state index in [1.54, 1.807) is 11.1 Å². The first kappa shape index (κ1) is 41.4. The van der Waals surface area contributed by atoms with E-state index in [4.69, 9.17) is 0 Å². The lowest BCUT2D eigenvalue weighted by Gasteiger charge is -2.47. The molecular weight excluding hydrogens is 780 g/mol. The highest BCUT2D eigenvalue weighted by Gasteiger charge is 2.49. The zero-order valence-corrected chi connectivity index (χ0v) is 41.6. The van der Waals surface area contributed by atoms with Crippen molar-refractivity contribution >= 4 is 78.0 Å². The lowest BCUT2D eigenvalue weighted by Crippen LogP contribution is -2.61. The number of rotatable bonds is 3. The molecule has 0 radical (unpaired) electrons. The summed E-state index contributed by atoms with van der Waals surface area (Å²) in [6, 6.07) is 32.6. The van der Waals surface area contributed by atoms with Crippen molar-refractivity contribution in [2.45, 2.75) is 168 Å². The van der Waals surface area contributed by atoms with Crippen LogP contribution in [0.2, 0.25) is 0 Å². The van der Waals surface area contributed by atoms with Crippen molar-refractivity contribution in [2.24, 2.45) is 5.92 Å². The zero-order valence-electron chi connectivity index (χ0n) is 40.8. The monoisotopic (exact) mass is 849 g/mol. The van der Waals surface area contributed by atoms with E-state index in [2.05, 4.69) is 186 Å². The molecule has 0 spiro atoms. The molecular formula is C59H69BN2S. The molecule has 5 aliphatic rings. The van der Waals surface area contributed by atoms with Crippen LogP contribution in [0.1, 0.15) is 172 Å². The smallest absolute Gasteiger partial charge is 0.264 e. The van der Waals surface area contributed by atoms with Gasteiger partial charge in [-0.05, 0) is 189 Å². The molecule has 0 bridgehead atoms. The van der Waals surface area contributed by atoms with Gasteiger partial charge in [0, 0.05) is 43.3 Å². The summed E-state index contributed by atoms with van der Waals surface area (Å²) in [7, 11) is 0. The van der Waals surface area contributed by atoms with Gasteiger partial charge in [-0.2, -0.15) is 0 Å². The van der Waals surface area contributed by atoms with Crippen LogP contribution < -0.4 is 25.5 Å². The zero-order chi connectivity index (χ0) is 44.5. The second-order valence-electron chi connectivity index (χ2n) is 24.4. The van der Waals surface area contributed by atoms with E-state index in [1.165, 1.54) is 132 Å². The number of benzene rings is 5. The Morgan fingerprint density at radius 3 is 1.83 bits per heavy atom. The topological polar surface area (TPSA) is 6.48 Å². The van der Waals surface area contributed by atoms with E-state index in [9.17, 15) is 0 Å². The van der Waals surface area contributed by atoms with Crippen molar-refractivity contribution in [1.82, 2.24) is 0 Å². The fourth-order valence-electron chi connectivity index (χ4n) is 13.2. The summed E-state index contributed by atoms with van der Waals surface area (Å²) in [5, 5.41) is 1.36. The minimum absolute atomic E-state index is 0.0979. The van der Waals surface area contributed by atoms with Crippen molar-refractivity contribution < 1.29 is 0 Å². The maximum absolute atomic E-state index is 2.76. The number of nitrogens with zero attached hydrogens (tertiary/aromatic N) is 2. The maximum Gasteiger partial charge on any atom is 0.264 e. The van der Waals surface area contributed by atoms with Gasteiger partial charge in [0.1, 0.15) is 0 Å². The van der Waals surface area contributed by atoms with Crippen molar-refractivity contribution in [3.05, 3.63) is 123 Å². The molecule has 1 aromatic heterocycles. The Morgan fingerprint density at radius 1 is 0.571 bits per heavy atom. The van der Waals surface area contributed by atoms with Crippen LogP contribution in [-0.2, 0) is 27.1 Å². The molecule has 4 heteroatoms. The molecule has 0 N–H and O–H groups in total. The first-order valence-electron chi connectivity index (χ1n) is 24.3. The molecule has 1 unspecified atom stereocenters. The van der Waals surface area contributed by atoms with E-state index in [-0.39, 0.29) is 33.8 Å². The molecule has 11 rings (SSSR count). The van der Waals surface area contributed by atoms with E-state index in [1.807, 2.05) is 11.3 Å². The third kappa shape index (κ3) is 5.94. The van der Waals surface area contributed by atoms with Crippen LogP contribution in [0.5, 0.6) is 0 Å². The summed E-state index contributed by atoms with van der Waals surface area (Å²) in [4.78, 5) is 5.47. The van der Waals surface area contributed by atoms with Gasteiger partial charge >= 0.3 is 0 Å². The van der Waals surface area contributed by atoms with E-state index < -0.39 is 0 Å². The Labute approximate surface area is 383 Å². The molecule has 3 heterocycles. The van der Waals surface area contributed by atoms with Gasteiger partial charge in [-0.3, -0.25) is 0 Å². The number of aryl methyl sites for hydroxylation is 2. The Balaban J connectivity index is 1.26. The molecule has 5 aromatic carbocycles. The molecule has 3 aliphatic carbocycles. The summed E-state index contributed by atoms with van der Waals surface area (Å²) in [5.74, 6) is 1.12. The maximum atomic E-state index is 2.76. The van der Waals surface area contributed by atoms with Gasteiger partial charge in [0.2, 0.25) is 0 Å². The van der Waals surface area contributed by atoms with Gasteiger partial charge in [-0.25, -0.2) is 0 Å². The van der Waals surface area contributed by atoms with Gasteiger partial charge < -0.3 is 9.80 Å². The van der Waals surface area contributed by atoms with Crippen LogP contribution in [0, 0.1) is 19.8 Å². The Kier molecular flexibility index (Phi) is 8.81. The molecule has 63 heavy (non-hydrogen) atoms. The summed E-state index contributed by atoms with van der Waals surface area (Å²) in [6.45, 7) is 34.6. The minimum atomic E-state index is 0.0979. The summed E-state index contributed by atoms with van der Waals surface area (Å²) >= 11 is 2.03. The normalized spacial score (nSPS) is 21.6. The fraction of sp³-hybridized carbons (Fsp3) is 0.458. The first-order valence-corrected chi connectivity index (χ1v) is 25.2. The van der Waals surface area contributed by atoms with Gasteiger partial charge in [0.25, 0.3) is 6.71 Å². The molecule has 0 amide bonds. The molecule has 324 valence electrons. The Morgan fingerprint density at radius 2 is 1.16 bits per heavy atom. The molecule has 1 atom stereocenters. The van der Waals surface area contributed by atoms with Crippen LogP contribution in [0.3, 0.4) is 0 Å². The van der Waals surface area contributed by atoms with Crippen molar-refractivity contribution in [3.8, 4) is 0 Å². The van der Waals surface area contributed by atoms with Gasteiger partial charge in [0.15, 0.2) is 0 Å². The fourth-order valence-corrected chi connectivity index (χ4v) is 14.5. The van der Waals surface area contributed by atoms with Crippen LogP contribution in [0.15, 0.2) is 78.9 Å². The quantitative estimate of drug-likeness (QED) is 0.163. The number of hydrogen-bond acceptors (Lipinski definition) is 3. The predicted molar refractivity (Wildman–Crippen MR) is 276 cm³/mol. The molecule has 6 aromatic rings. The molecule has 0 fully saturated rings. The molecule has 2 nitrogen and oxygen atoms in total. The number of anilines is 6. The van der Waals surface area contributed by atoms with Crippen LogP contribution in [-0.4, -0.2) is 6.71 Å². The lowest BCUT2D eigenvalue weighted by molar-refractivity contribution is 0.332. The summed E-state index contributed by atoms with van der Waals surface area (Å²) < 4.78 is 2.85. The van der Waals surface area contributed by atoms with Gasteiger partial charge in [-0.15, -0.1) is 11.3 Å². The Bertz CT molecular complexity index is 2920. The van der Waals surface area contributed by atoms with Gasteiger partial charge in [-0.1, -0.05) is 119 Å². The highest BCUT2D eigenvalue weighted by molar-refractivity contribution is 7.33. The molecule has 0 saturated carbocycles. The standard InChI is InChI=1S/C59H69BN2S/c1-34(2)38-21-22-55(5,6)42-32-46-48(31-40(38)42)62(47-33-45-43(29-36(47)4)57(9,10)25-26-59(45,13)14)50-28-35(3)27-49-52(50)60(46)54-53(39-17-15-16-18-51(39)63-54)61(49)37-19-20-41-44(30-37)58(11,12)24-23-56(41,7)8/h15-20,27-34,38H,21-26H2,1-14H3. The summed E-state index contributed by atoms with van der Waals surface area (Å²) in [6.07, 6.45) is 7.29. The van der Waals surface area contributed by atoms with Crippen molar-refractivity contribution in [3.63, 3.8) is 0 Å². The average Bonchev–Trinajstić information content (AvgIpc) is 3.60. The third-order valence-electron chi connectivity index (χ3n) is 17.4. The first-order chi connectivity index (χ1) is 29.6. The second kappa shape index (κ2) is 13.4. The number of thiophene rings is 1. The van der Waals surface area contributed by atoms with Crippen molar-refractivity contribution in [2.75, 3.05) is 9.80 Å². The van der Waals surface area contributed by atoms with Gasteiger partial charge in [0.05, 0.1) is 5.69 Å². The van der Waals surface area contributed by atoms with Crippen LogP contribution in [0.25, 0.3) is 10.1 Å². The minimum Gasteiger partial charge on any atom is -0.311 e. The largest absolute Gasteiger partial charge is 0.311 e. The van der Waals surface area contributed by atoms with E-state index in [0.29, 0.717) is 11.8 Å². The number of hydrogen-bond donors (Lipinski definition) is 0. The molecule has 2 aliphatic heterocycles. The van der Waals surface area contributed by atoms with E-state index >= 15 is 0 Å². The third-order valence-corrected chi connectivity index (χ3v) is 18.6. The number of fused-ring (bicyclic) bond motifs is 9. The second-order valence-corrected chi connectivity index (χ2v) is 25.4. The van der Waals surface area contributed by atoms with Crippen molar-refractivity contribution in [1.29, 1.82) is 0 Å². The van der Waals surface area contributed by atoms with Crippen LogP contribution in [0.4, 0.5) is 34.1 Å². The Hall–Kier alpha value is -4.28. The highest BCUT2D eigenvalue weighted by atomic mass is 32.1. The predicted octanol–water partition coefficient (Wildman–Crippen LogP) is 15.1. The summed E-state index contributed by atoms with van der Waals surface area (Å²) in [5.41, 5.74) is 23.5. The van der Waals surface area contributed by atoms with Crippen LogP contribution >= 0.6 is 11.3 Å². The molecule has 0 saturated heterocycles. The SMILES string of the molecule is Cc1cc2c3c(c1)N(c1ccc4c(c1)C(C)(C)CCC4(C)C)c1c(sc4ccccc14)B3c1cc3c(cc1N2c1cc2c(cc1C)C(C)(C)CCC2(C)C)C(C(C)C)CCC3(C)C. The average molecular weight is 849 g/mol. The highest BCUT2D eigenvalue weighted by Crippen LogP contribution is 2.55. The van der Waals surface area contributed by atoms with E-state index in [0.717, 1.165) is 0 Å².